The molecule has 0 saturated carbocycles. The molecule has 0 aromatic carbocycles. The second-order valence-corrected chi connectivity index (χ2v) is 4.06. The normalized spacial score (nSPS) is 24.5. The molecule has 0 spiro atoms. The van der Waals surface area contributed by atoms with Gasteiger partial charge in [-0.15, -0.1) is 0 Å². The summed E-state index contributed by atoms with van der Waals surface area (Å²) in [6.07, 6.45) is 1.80. The van der Waals surface area contributed by atoms with Crippen molar-refractivity contribution < 1.29 is 4.79 Å². The Kier molecular flexibility index (Phi) is 3.61. The van der Waals surface area contributed by atoms with Crippen molar-refractivity contribution in [3.05, 3.63) is 0 Å². The van der Waals surface area contributed by atoms with Crippen LogP contribution < -0.4 is 0 Å². The third-order valence-corrected chi connectivity index (χ3v) is 2.72. The summed E-state index contributed by atoms with van der Waals surface area (Å²) in [6.45, 7) is 2.70. The van der Waals surface area contributed by atoms with Crippen molar-refractivity contribution in [3.8, 4) is 6.07 Å². The van der Waals surface area contributed by atoms with Gasteiger partial charge in [0.25, 0.3) is 0 Å². The fourth-order valence-electron chi connectivity index (χ4n) is 1.65. The zero-order valence-corrected chi connectivity index (χ0v) is 8.63. The quantitative estimate of drug-likeness (QED) is 0.693. The topological polar surface area (TPSA) is 44.1 Å². The number of amides is 1. The predicted octanol–water partition coefficient (Wildman–Crippen LogP) is 1.21. The molecule has 4 heteroatoms. The van der Waals surface area contributed by atoms with Crippen molar-refractivity contribution in [1.82, 2.24) is 4.90 Å². The van der Waals surface area contributed by atoms with Crippen LogP contribution in [0.2, 0.25) is 0 Å². The molecule has 0 N–H and O–H groups in total. The summed E-state index contributed by atoms with van der Waals surface area (Å²) in [6, 6.07) is 2.20. The summed E-state index contributed by atoms with van der Waals surface area (Å²) in [4.78, 5) is 13.2. The van der Waals surface area contributed by atoms with E-state index in [-0.39, 0.29) is 17.2 Å². The summed E-state index contributed by atoms with van der Waals surface area (Å²) in [5.41, 5.74) is 0. The minimum absolute atomic E-state index is 0.0923. The molecule has 0 radical (unpaired) electrons. The molecule has 1 heterocycles. The molecule has 1 aliphatic rings. The Hall–Kier alpha value is -0.690. The summed E-state index contributed by atoms with van der Waals surface area (Å²) in [5.74, 6) is 0.141. The van der Waals surface area contributed by atoms with Crippen molar-refractivity contribution in [2.75, 3.05) is 6.54 Å². The fourth-order valence-corrected chi connectivity index (χ4v) is 1.98. The van der Waals surface area contributed by atoms with Crippen LogP contribution in [0.4, 0.5) is 0 Å². The van der Waals surface area contributed by atoms with Gasteiger partial charge < -0.3 is 4.90 Å². The van der Waals surface area contributed by atoms with E-state index in [0.717, 1.165) is 6.42 Å². The molecule has 2 unspecified atom stereocenters. The fraction of sp³-hybridized carbons (Fsp3) is 0.778. The first kappa shape index (κ1) is 10.4. The first-order chi connectivity index (χ1) is 6.19. The molecule has 0 aliphatic carbocycles. The highest BCUT2D eigenvalue weighted by atomic mass is 32.1. The predicted molar refractivity (Wildman–Crippen MR) is 53.4 cm³/mol. The maximum Gasteiger partial charge on any atom is 0.224 e. The monoisotopic (exact) mass is 198 g/mol. The highest BCUT2D eigenvalue weighted by molar-refractivity contribution is 7.81. The molecule has 1 fully saturated rings. The molecule has 72 valence electrons. The van der Waals surface area contributed by atoms with E-state index >= 15 is 0 Å². The van der Waals surface area contributed by atoms with Gasteiger partial charge in [-0.2, -0.15) is 17.9 Å². The first-order valence-electron chi connectivity index (χ1n) is 4.53. The van der Waals surface area contributed by atoms with Gasteiger partial charge in [0.05, 0.1) is 12.5 Å². The Morgan fingerprint density at radius 1 is 1.85 bits per heavy atom. The minimum atomic E-state index is 0.0923. The molecular weight excluding hydrogens is 184 g/mol. The second kappa shape index (κ2) is 4.52. The number of rotatable bonds is 3. The number of hydrogen-bond donors (Lipinski definition) is 1. The SMILES string of the molecule is CCC(CC#N)N1CC(S)CC1=O. The van der Waals surface area contributed by atoms with Crippen LogP contribution in [0, 0.1) is 11.3 Å². The van der Waals surface area contributed by atoms with Crippen molar-refractivity contribution in [2.24, 2.45) is 0 Å². The molecule has 3 nitrogen and oxygen atoms in total. The highest BCUT2D eigenvalue weighted by Crippen LogP contribution is 2.21. The number of carbonyl (C=O) groups is 1. The lowest BCUT2D eigenvalue weighted by molar-refractivity contribution is -0.129. The molecule has 1 saturated heterocycles. The van der Waals surface area contributed by atoms with Gasteiger partial charge in [-0.3, -0.25) is 4.79 Å². The van der Waals surface area contributed by atoms with Crippen LogP contribution in [0.1, 0.15) is 26.2 Å². The van der Waals surface area contributed by atoms with Gasteiger partial charge in [0.2, 0.25) is 5.91 Å². The summed E-state index contributed by atoms with van der Waals surface area (Å²) >= 11 is 4.27. The average Bonchev–Trinajstić information content (AvgIpc) is 2.41. The van der Waals surface area contributed by atoms with Crippen molar-refractivity contribution in [1.29, 1.82) is 5.26 Å². The summed E-state index contributed by atoms with van der Waals surface area (Å²) in [5, 5.41) is 8.73. The number of carbonyl (C=O) groups excluding carboxylic acids is 1. The van der Waals surface area contributed by atoms with E-state index < -0.39 is 0 Å². The van der Waals surface area contributed by atoms with Gasteiger partial charge in [-0.25, -0.2) is 0 Å². The van der Waals surface area contributed by atoms with Crippen LogP contribution in [0.15, 0.2) is 0 Å². The van der Waals surface area contributed by atoms with E-state index in [1.807, 2.05) is 6.92 Å². The van der Waals surface area contributed by atoms with Crippen molar-refractivity contribution in [3.63, 3.8) is 0 Å². The van der Waals surface area contributed by atoms with Gasteiger partial charge in [-0.1, -0.05) is 6.92 Å². The Labute approximate surface area is 84.1 Å². The van der Waals surface area contributed by atoms with Crippen LogP contribution in [-0.4, -0.2) is 28.6 Å². The van der Waals surface area contributed by atoms with Crippen LogP contribution >= 0.6 is 12.6 Å². The molecular formula is C9H14N2OS. The molecule has 0 bridgehead atoms. The molecule has 1 amide bonds. The Balaban J connectivity index is 2.59. The van der Waals surface area contributed by atoms with Crippen LogP contribution in [0.5, 0.6) is 0 Å². The third kappa shape index (κ3) is 2.38. The van der Waals surface area contributed by atoms with Crippen molar-refractivity contribution in [2.45, 2.75) is 37.5 Å². The lowest BCUT2D eigenvalue weighted by Gasteiger charge is -2.24. The van der Waals surface area contributed by atoms with E-state index in [2.05, 4.69) is 18.7 Å². The van der Waals surface area contributed by atoms with E-state index in [9.17, 15) is 4.79 Å². The van der Waals surface area contributed by atoms with E-state index in [1.165, 1.54) is 0 Å². The van der Waals surface area contributed by atoms with Gasteiger partial charge in [0.1, 0.15) is 0 Å². The van der Waals surface area contributed by atoms with E-state index in [0.29, 0.717) is 19.4 Å². The van der Waals surface area contributed by atoms with Gasteiger partial charge in [0, 0.05) is 24.3 Å². The Morgan fingerprint density at radius 2 is 2.54 bits per heavy atom. The lowest BCUT2D eigenvalue weighted by Crippen LogP contribution is -2.36. The molecule has 1 aliphatic heterocycles. The summed E-state index contributed by atoms with van der Waals surface area (Å²) in [7, 11) is 0. The van der Waals surface area contributed by atoms with Gasteiger partial charge in [0.15, 0.2) is 0 Å². The number of thiol groups is 1. The lowest BCUT2D eigenvalue weighted by atomic mass is 10.1. The maximum absolute atomic E-state index is 11.4. The smallest absolute Gasteiger partial charge is 0.224 e. The molecule has 13 heavy (non-hydrogen) atoms. The number of likely N-dealkylation sites (tertiary alicyclic amines) is 1. The molecule has 0 aromatic rings. The van der Waals surface area contributed by atoms with E-state index in [1.54, 1.807) is 4.90 Å². The zero-order valence-electron chi connectivity index (χ0n) is 7.73. The molecule has 2 atom stereocenters. The van der Waals surface area contributed by atoms with E-state index in [4.69, 9.17) is 5.26 Å². The Morgan fingerprint density at radius 3 is 2.92 bits per heavy atom. The average molecular weight is 198 g/mol. The van der Waals surface area contributed by atoms with Crippen LogP contribution in [-0.2, 0) is 4.79 Å². The first-order valence-corrected chi connectivity index (χ1v) is 5.05. The number of nitrogens with zero attached hydrogens (tertiary/aromatic N) is 2. The largest absolute Gasteiger partial charge is 0.338 e. The maximum atomic E-state index is 11.4. The molecule has 1 rings (SSSR count). The Bertz CT molecular complexity index is 236. The summed E-state index contributed by atoms with van der Waals surface area (Å²) < 4.78 is 0. The van der Waals surface area contributed by atoms with Gasteiger partial charge in [-0.05, 0) is 6.42 Å². The van der Waals surface area contributed by atoms with Crippen LogP contribution in [0.25, 0.3) is 0 Å². The number of hydrogen-bond acceptors (Lipinski definition) is 3. The zero-order chi connectivity index (χ0) is 9.84. The third-order valence-electron chi connectivity index (χ3n) is 2.38. The standard InChI is InChI=1S/C9H14N2OS/c1-2-7(3-4-10)11-6-8(13)5-9(11)12/h7-8,13H,2-3,5-6H2,1H3. The van der Waals surface area contributed by atoms with Crippen molar-refractivity contribution >= 4 is 18.5 Å². The second-order valence-electron chi connectivity index (χ2n) is 3.33. The number of nitriles is 1. The minimum Gasteiger partial charge on any atom is -0.338 e. The van der Waals surface area contributed by atoms with Crippen LogP contribution in [0.3, 0.4) is 0 Å². The highest BCUT2D eigenvalue weighted by Gasteiger charge is 2.31. The molecule has 0 aromatic heterocycles. The van der Waals surface area contributed by atoms with Gasteiger partial charge >= 0.3 is 0 Å².